The summed E-state index contributed by atoms with van der Waals surface area (Å²) in [5.74, 6) is -2.18. The molecule has 0 saturated carbocycles. The summed E-state index contributed by atoms with van der Waals surface area (Å²) in [7, 11) is 3.23. The maximum absolute atomic E-state index is 14.9. The van der Waals surface area contributed by atoms with Crippen LogP contribution in [0.2, 0.25) is 0 Å². The molecule has 0 fully saturated rings. The molecule has 5 rings (SSSR count). The Morgan fingerprint density at radius 3 is 2.56 bits per heavy atom. The lowest BCUT2D eigenvalue weighted by Gasteiger charge is -2.25. The number of amides is 2. The average Bonchev–Trinajstić information content (AvgIpc) is 3.39. The summed E-state index contributed by atoms with van der Waals surface area (Å²) in [6.45, 7) is 5.67. The smallest absolute Gasteiger partial charge is 0.386 e. The van der Waals surface area contributed by atoms with Crippen molar-refractivity contribution in [2.45, 2.75) is 32.8 Å². The Morgan fingerprint density at radius 1 is 1.14 bits per heavy atom. The molecule has 0 aliphatic carbocycles. The van der Waals surface area contributed by atoms with Crippen LogP contribution in [-0.2, 0) is 10.4 Å². The van der Waals surface area contributed by atoms with E-state index in [9.17, 15) is 23.5 Å². The lowest BCUT2D eigenvalue weighted by Crippen LogP contribution is -2.35. The number of hydrogen-bond donors (Lipinski definition) is 3. The van der Waals surface area contributed by atoms with Crippen molar-refractivity contribution in [3.63, 3.8) is 0 Å². The van der Waals surface area contributed by atoms with Crippen molar-refractivity contribution >= 4 is 34.3 Å². The third kappa shape index (κ3) is 6.25. The van der Waals surface area contributed by atoms with Gasteiger partial charge in [-0.2, -0.15) is 0 Å². The van der Waals surface area contributed by atoms with Gasteiger partial charge >= 0.3 is 6.09 Å². The summed E-state index contributed by atoms with van der Waals surface area (Å²) in [5, 5.41) is 15.0. The number of nitrogens with zero attached hydrogens (tertiary/aromatic N) is 4. The molecule has 2 aromatic heterocycles. The Morgan fingerprint density at radius 2 is 1.91 bits per heavy atom. The first-order valence-electron chi connectivity index (χ1n) is 13.6. The fourth-order valence-electron chi connectivity index (χ4n) is 4.82. The predicted molar refractivity (Wildman–Crippen MR) is 158 cm³/mol. The number of rotatable bonds is 6. The fraction of sp³-hybridized carbons (Fsp3) is 0.290. The number of benzene rings is 2. The number of nitrogens with one attached hydrogen (secondary N) is 2. The molecule has 0 saturated heterocycles. The van der Waals surface area contributed by atoms with Crippen molar-refractivity contribution in [3.8, 4) is 11.3 Å². The van der Waals surface area contributed by atoms with Gasteiger partial charge in [0.15, 0.2) is 0 Å². The van der Waals surface area contributed by atoms with Crippen LogP contribution in [0.5, 0.6) is 0 Å². The molecular formula is C31H32F2N6O4. The van der Waals surface area contributed by atoms with Crippen molar-refractivity contribution in [3.05, 3.63) is 82.8 Å². The minimum absolute atomic E-state index is 0.163. The molecular weight excluding hydrogens is 558 g/mol. The molecule has 12 heteroatoms. The molecule has 4 aromatic rings. The quantitative estimate of drug-likeness (QED) is 0.275. The van der Waals surface area contributed by atoms with Crippen LogP contribution in [0, 0.1) is 18.6 Å². The van der Waals surface area contributed by atoms with E-state index in [2.05, 4.69) is 20.3 Å². The second kappa shape index (κ2) is 11.5. The number of carbonyl (C=O) groups excluding carboxylic acids is 2. The fourth-order valence-corrected chi connectivity index (χ4v) is 4.82. The normalized spacial score (nSPS) is 14.0. The molecule has 0 radical (unpaired) electrons. The number of aromatic nitrogens is 3. The molecule has 0 spiro atoms. The summed E-state index contributed by atoms with van der Waals surface area (Å²) in [6.07, 6.45) is 3.49. The first-order valence-corrected chi connectivity index (χ1v) is 13.6. The van der Waals surface area contributed by atoms with Gasteiger partial charge in [-0.1, -0.05) is 12.1 Å². The highest BCUT2D eigenvalue weighted by molar-refractivity contribution is 6.05. The molecule has 3 N–H and O–H groups in total. The molecule has 0 atom stereocenters. The number of fused-ring (bicyclic) bond motifs is 1. The number of hydroxylamine groups is 2. The van der Waals surface area contributed by atoms with E-state index >= 15 is 0 Å². The van der Waals surface area contributed by atoms with Crippen LogP contribution < -0.4 is 5.32 Å². The molecule has 1 aliphatic heterocycles. The maximum atomic E-state index is 14.9. The standard InChI is InChI=1S/C31H32F2N6O4/c1-17-22(13-20(32)14-25(17)37-29(40)21-7-6-19(12-24(21)33)31(2,3)42)27-23-15-26(36-28(23)35-16-34-27)18-8-10-39(11-9-18)43-30(41)38(4)5/h6-8,12-16,42H,9-11H2,1-5H3,(H,37,40)(H,34,35,36). The molecule has 43 heavy (non-hydrogen) atoms. The Hall–Kier alpha value is -4.68. The van der Waals surface area contributed by atoms with Crippen LogP contribution in [-0.4, -0.2) is 69.2 Å². The van der Waals surface area contributed by atoms with Gasteiger partial charge in [0.1, 0.15) is 23.6 Å². The number of aliphatic hydroxyl groups is 1. The number of H-pyrrole nitrogens is 1. The Bertz CT molecular complexity index is 1760. The summed E-state index contributed by atoms with van der Waals surface area (Å²) < 4.78 is 29.7. The van der Waals surface area contributed by atoms with E-state index in [0.29, 0.717) is 52.9 Å². The summed E-state index contributed by atoms with van der Waals surface area (Å²) in [6, 6.07) is 8.25. The third-order valence-corrected chi connectivity index (χ3v) is 7.31. The van der Waals surface area contributed by atoms with Crippen LogP contribution in [0.4, 0.5) is 19.3 Å². The monoisotopic (exact) mass is 590 g/mol. The van der Waals surface area contributed by atoms with Crippen LogP contribution in [0.3, 0.4) is 0 Å². The van der Waals surface area contributed by atoms with Crippen molar-refractivity contribution in [2.24, 2.45) is 0 Å². The number of carbonyl (C=O) groups is 2. The predicted octanol–water partition coefficient (Wildman–Crippen LogP) is 5.39. The second-order valence-corrected chi connectivity index (χ2v) is 11.1. The molecule has 0 unspecified atom stereocenters. The van der Waals surface area contributed by atoms with E-state index in [0.717, 1.165) is 17.3 Å². The van der Waals surface area contributed by atoms with Crippen molar-refractivity contribution in [2.75, 3.05) is 32.5 Å². The van der Waals surface area contributed by atoms with Crippen LogP contribution in [0.25, 0.3) is 27.9 Å². The molecule has 10 nitrogen and oxygen atoms in total. The summed E-state index contributed by atoms with van der Waals surface area (Å²) >= 11 is 0. The van der Waals surface area contributed by atoms with Crippen molar-refractivity contribution in [1.82, 2.24) is 24.9 Å². The van der Waals surface area contributed by atoms with Crippen LogP contribution >= 0.6 is 0 Å². The van der Waals surface area contributed by atoms with E-state index in [1.165, 1.54) is 49.3 Å². The zero-order chi connectivity index (χ0) is 31.1. The molecule has 0 bridgehead atoms. The second-order valence-electron chi connectivity index (χ2n) is 11.1. The number of anilines is 1. The first kappa shape index (κ1) is 29.8. The van der Waals surface area contributed by atoms with E-state index in [4.69, 9.17) is 4.84 Å². The molecule has 2 aromatic carbocycles. The van der Waals surface area contributed by atoms with E-state index in [1.54, 1.807) is 26.1 Å². The van der Waals surface area contributed by atoms with Gasteiger partial charge in [-0.25, -0.2) is 23.5 Å². The summed E-state index contributed by atoms with van der Waals surface area (Å²) in [4.78, 5) is 43.7. The Labute approximate surface area is 247 Å². The minimum Gasteiger partial charge on any atom is -0.386 e. The van der Waals surface area contributed by atoms with E-state index < -0.39 is 29.2 Å². The van der Waals surface area contributed by atoms with Gasteiger partial charge in [0.2, 0.25) is 0 Å². The zero-order valence-electron chi connectivity index (χ0n) is 24.5. The molecule has 3 heterocycles. The Balaban J connectivity index is 1.43. The SMILES string of the molecule is Cc1c(NC(=O)c2ccc(C(C)(C)O)cc2F)cc(F)cc1-c1ncnc2[nH]c(C3=CCN(OC(=O)N(C)C)CC3)cc12. The number of hydrogen-bond acceptors (Lipinski definition) is 7. The largest absolute Gasteiger partial charge is 0.428 e. The number of aromatic amines is 1. The van der Waals surface area contributed by atoms with Gasteiger partial charge in [0, 0.05) is 43.0 Å². The van der Waals surface area contributed by atoms with E-state index in [1.807, 2.05) is 12.1 Å². The lowest BCUT2D eigenvalue weighted by molar-refractivity contribution is -0.101. The van der Waals surface area contributed by atoms with Gasteiger partial charge in [-0.05, 0) is 74.2 Å². The van der Waals surface area contributed by atoms with Crippen LogP contribution in [0.15, 0.2) is 48.8 Å². The topological polar surface area (TPSA) is 124 Å². The van der Waals surface area contributed by atoms with Crippen molar-refractivity contribution in [1.29, 1.82) is 0 Å². The van der Waals surface area contributed by atoms with E-state index in [-0.39, 0.29) is 11.3 Å². The van der Waals surface area contributed by atoms with Gasteiger partial charge in [0.25, 0.3) is 5.91 Å². The van der Waals surface area contributed by atoms with Crippen molar-refractivity contribution < 1.29 is 28.3 Å². The maximum Gasteiger partial charge on any atom is 0.428 e. The van der Waals surface area contributed by atoms with Gasteiger partial charge in [0.05, 0.1) is 23.4 Å². The van der Waals surface area contributed by atoms with Crippen LogP contribution in [0.1, 0.15) is 47.4 Å². The summed E-state index contributed by atoms with van der Waals surface area (Å²) in [5.41, 5.74) is 2.74. The lowest BCUT2D eigenvalue weighted by atomic mass is 9.96. The molecule has 1 aliphatic rings. The number of halogens is 2. The highest BCUT2D eigenvalue weighted by Gasteiger charge is 2.23. The minimum atomic E-state index is -1.28. The highest BCUT2D eigenvalue weighted by Crippen LogP contribution is 2.35. The average molecular weight is 591 g/mol. The Kier molecular flexibility index (Phi) is 8.00. The zero-order valence-corrected chi connectivity index (χ0v) is 24.5. The van der Waals surface area contributed by atoms with Gasteiger partial charge < -0.3 is 25.1 Å². The third-order valence-electron chi connectivity index (χ3n) is 7.31. The first-order chi connectivity index (χ1) is 20.3. The van der Waals surface area contributed by atoms with Gasteiger partial charge in [-0.15, -0.1) is 5.06 Å². The highest BCUT2D eigenvalue weighted by atomic mass is 19.1. The van der Waals surface area contributed by atoms with Gasteiger partial charge in [-0.3, -0.25) is 4.79 Å². The molecule has 224 valence electrons. The molecule has 2 amide bonds.